The third-order valence-electron chi connectivity index (χ3n) is 14.2. The predicted octanol–water partition coefficient (Wildman–Crippen LogP) is 1.64. The van der Waals surface area contributed by atoms with Gasteiger partial charge in [0.05, 0.1) is 0 Å². The van der Waals surface area contributed by atoms with Gasteiger partial charge in [-0.05, 0) is 0 Å². The van der Waals surface area contributed by atoms with E-state index in [-0.39, 0.29) is 0 Å². The summed E-state index contributed by atoms with van der Waals surface area (Å²) >= 11 is 0.693. The first-order valence-electron chi connectivity index (χ1n) is 18.3. The van der Waals surface area contributed by atoms with Gasteiger partial charge in [-0.1, -0.05) is 6.42 Å². The summed E-state index contributed by atoms with van der Waals surface area (Å²) in [5, 5.41) is 34.1. The Morgan fingerprint density at radius 2 is 0.561 bits per heavy atom. The van der Waals surface area contributed by atoms with E-state index in [4.69, 9.17) is 0 Å². The third kappa shape index (κ3) is 4.84. The molecule has 9 heteroatoms. The fourth-order valence-corrected chi connectivity index (χ4v) is 16.1. The van der Waals surface area contributed by atoms with Crippen molar-refractivity contribution in [1.29, 1.82) is 0 Å². The van der Waals surface area contributed by atoms with Crippen LogP contribution in [0.4, 0.5) is 0 Å². The first-order chi connectivity index (χ1) is 20.2. The van der Waals surface area contributed by atoms with Gasteiger partial charge in [0.25, 0.3) is 0 Å². The van der Waals surface area contributed by atoms with Gasteiger partial charge in [-0.25, -0.2) is 0 Å². The molecular weight excluding hydrogens is 611 g/mol. The van der Waals surface area contributed by atoms with E-state index in [1.807, 2.05) is 0 Å². The molecule has 41 heavy (non-hydrogen) atoms. The number of rotatable bonds is 0. The Morgan fingerprint density at radius 1 is 0.293 bits per heavy atom. The zero-order chi connectivity index (χ0) is 27.1. The van der Waals surface area contributed by atoms with E-state index in [0.717, 1.165) is 51.0 Å². The molecule has 5 heterocycles. The van der Waals surface area contributed by atoms with Crippen LogP contribution < -0.4 is 42.5 Å². The summed E-state index contributed by atoms with van der Waals surface area (Å²) in [6, 6.07) is 0. The Kier molecular flexibility index (Phi) is 7.75. The molecule has 8 bridgehead atoms. The Bertz CT molecular complexity index is 953. The van der Waals surface area contributed by atoms with E-state index in [1.165, 1.54) is 96.3 Å². The molecule has 9 rings (SSSR count). The number of hydrogen-bond donors (Lipinski definition) is 8. The van der Waals surface area contributed by atoms with Gasteiger partial charge in [-0.2, -0.15) is 0 Å². The van der Waals surface area contributed by atoms with Gasteiger partial charge in [0.15, 0.2) is 0 Å². The molecular formula is C32H57InN8. The fraction of sp³-hybridized carbons (Fsp3) is 1.00. The molecule has 0 aromatic rings. The summed E-state index contributed by atoms with van der Waals surface area (Å²) in [6.45, 7) is 0. The molecule has 17 unspecified atom stereocenters. The molecule has 9 aliphatic rings. The summed E-state index contributed by atoms with van der Waals surface area (Å²) in [5.41, 5.74) is 0. The van der Waals surface area contributed by atoms with Crippen molar-refractivity contribution in [3.05, 3.63) is 0 Å². The van der Waals surface area contributed by atoms with Crippen molar-refractivity contribution < 1.29 is 0 Å². The molecule has 0 amide bonds. The molecule has 228 valence electrons. The number of hydrogen-bond acceptors (Lipinski definition) is 8. The zero-order valence-corrected chi connectivity index (χ0v) is 31.1. The van der Waals surface area contributed by atoms with Crippen LogP contribution >= 0.6 is 0 Å². The maximum atomic E-state index is 4.32. The average Bonchev–Trinajstić information content (AvgIpc) is 3.73. The molecule has 4 aliphatic carbocycles. The van der Waals surface area contributed by atoms with E-state index in [9.17, 15) is 0 Å². The zero-order valence-electron chi connectivity index (χ0n) is 25.4. The summed E-state index contributed by atoms with van der Waals surface area (Å²) < 4.78 is 0.989. The second-order valence-electron chi connectivity index (χ2n) is 16.1. The average molecular weight is 669 g/mol. The minimum absolute atomic E-state index is 0.423. The van der Waals surface area contributed by atoms with E-state index >= 15 is 0 Å². The Hall–Kier alpha value is 0.550. The molecule has 8 N–H and O–H groups in total. The van der Waals surface area contributed by atoms with E-state index in [1.54, 1.807) is 0 Å². The van der Waals surface area contributed by atoms with Crippen LogP contribution in [0.15, 0.2) is 0 Å². The van der Waals surface area contributed by atoms with Crippen LogP contribution in [0.25, 0.3) is 0 Å². The molecule has 9 fully saturated rings. The standard InChI is InChI=1S/C32H55N8.In.2H/c1-2-10-18-17(9-1)25-33-26(18)38-28-21-13-5-6-14-22(21)30(35-28)40-32-24-16-8-7-15-23(24)31(36-32)39-29-20-12-4-3-11-19(20)27(34-29)37-25;;;/h9,17-40H,1-8,10-16H2;;;. The molecule has 0 radical (unpaired) electrons. The fourth-order valence-electron chi connectivity index (χ4n) is 12.4. The van der Waals surface area contributed by atoms with Gasteiger partial charge in [0, 0.05) is 0 Å². The third-order valence-corrected chi connectivity index (χ3v) is 18.1. The van der Waals surface area contributed by atoms with E-state index < -0.39 is 0 Å². The van der Waals surface area contributed by atoms with Gasteiger partial charge < -0.3 is 0 Å². The van der Waals surface area contributed by atoms with Crippen LogP contribution in [0.5, 0.6) is 0 Å². The van der Waals surface area contributed by atoms with Crippen molar-refractivity contribution in [2.24, 2.45) is 47.3 Å². The minimum atomic E-state index is 0.423. The second-order valence-corrected chi connectivity index (χ2v) is 20.4. The topological polar surface area (TPSA) is 96.2 Å². The first kappa shape index (κ1) is 27.8. The van der Waals surface area contributed by atoms with E-state index in [2.05, 4.69) is 42.5 Å². The van der Waals surface area contributed by atoms with Crippen molar-refractivity contribution in [3.63, 3.8) is 0 Å². The molecule has 0 spiro atoms. The molecule has 4 saturated carbocycles. The van der Waals surface area contributed by atoms with Gasteiger partial charge in [-0.15, -0.1) is 0 Å². The second kappa shape index (κ2) is 11.4. The molecule has 0 aromatic carbocycles. The van der Waals surface area contributed by atoms with Gasteiger partial charge in [0.2, 0.25) is 0 Å². The molecule has 0 aromatic heterocycles. The van der Waals surface area contributed by atoms with Crippen molar-refractivity contribution in [3.8, 4) is 0 Å². The van der Waals surface area contributed by atoms with Crippen LogP contribution in [0.3, 0.4) is 0 Å². The first-order valence-corrected chi connectivity index (χ1v) is 21.6. The quantitative estimate of drug-likeness (QED) is 0.198. The summed E-state index contributed by atoms with van der Waals surface area (Å²) in [4.78, 5) is 0. The van der Waals surface area contributed by atoms with Crippen molar-refractivity contribution >= 4 is 24.4 Å². The molecule has 17 atom stereocenters. The predicted molar refractivity (Wildman–Crippen MR) is 165 cm³/mol. The van der Waals surface area contributed by atoms with Crippen molar-refractivity contribution in [2.45, 2.75) is 149 Å². The van der Waals surface area contributed by atoms with Crippen LogP contribution in [0.2, 0.25) is 3.67 Å². The number of fused-ring (bicyclic) bond motifs is 20. The number of nitrogens with one attached hydrogen (secondary N) is 8. The summed E-state index contributed by atoms with van der Waals surface area (Å²) in [5.74, 6) is 6.09. The normalized spacial score (nSPS) is 58.3. The van der Waals surface area contributed by atoms with Gasteiger partial charge in [0.1, 0.15) is 0 Å². The molecule has 5 aliphatic heterocycles. The Labute approximate surface area is 262 Å². The van der Waals surface area contributed by atoms with Crippen LogP contribution in [0, 0.1) is 47.3 Å². The Morgan fingerprint density at radius 3 is 0.902 bits per heavy atom. The summed E-state index contributed by atoms with van der Waals surface area (Å²) in [7, 11) is 0. The van der Waals surface area contributed by atoms with Crippen molar-refractivity contribution in [1.82, 2.24) is 42.5 Å². The van der Waals surface area contributed by atoms with Gasteiger partial charge >= 0.3 is 257 Å². The Balaban J connectivity index is 1.06. The maximum absolute atomic E-state index is 4.32. The molecule has 8 nitrogen and oxygen atoms in total. The van der Waals surface area contributed by atoms with Crippen LogP contribution in [-0.4, -0.2) is 73.7 Å². The van der Waals surface area contributed by atoms with Gasteiger partial charge in [-0.3, -0.25) is 0 Å². The van der Waals surface area contributed by atoms with Crippen LogP contribution in [0.1, 0.15) is 96.3 Å². The van der Waals surface area contributed by atoms with Crippen LogP contribution in [-0.2, 0) is 0 Å². The SMILES string of the molecule is [InH2][CH]1CCCC2C3NC4NC(NC5NC(NC6NC(NC(N3)C12)C1CCCCC61)C1CCCCC51)C1CCCCC41. The van der Waals surface area contributed by atoms with Crippen molar-refractivity contribution in [2.75, 3.05) is 0 Å². The summed E-state index contributed by atoms with van der Waals surface area (Å²) in [6.07, 6.45) is 24.5. The monoisotopic (exact) mass is 668 g/mol. The van der Waals surface area contributed by atoms with E-state index in [0.29, 0.717) is 73.7 Å². The molecule has 5 saturated heterocycles.